The quantitative estimate of drug-likeness (QED) is 0.182. The van der Waals surface area contributed by atoms with Crippen LogP contribution in [0.5, 0.6) is 11.5 Å². The highest BCUT2D eigenvalue weighted by Crippen LogP contribution is 2.42. The van der Waals surface area contributed by atoms with Crippen LogP contribution in [-0.2, 0) is 22.6 Å². The number of hydrogen-bond donors (Lipinski definition) is 1. The van der Waals surface area contributed by atoms with Crippen LogP contribution in [0.1, 0.15) is 61.2 Å². The first kappa shape index (κ1) is 31.5. The molecule has 238 valence electrons. The molecule has 0 aliphatic carbocycles. The Morgan fingerprint density at radius 3 is 2.65 bits per heavy atom. The number of aromatic nitrogens is 3. The zero-order chi connectivity index (χ0) is 32.7. The minimum absolute atomic E-state index is 0.243. The van der Waals surface area contributed by atoms with E-state index in [9.17, 15) is 9.90 Å². The summed E-state index contributed by atoms with van der Waals surface area (Å²) >= 11 is 6.13. The maximum atomic E-state index is 15.7. The molecule has 1 aliphatic heterocycles. The van der Waals surface area contributed by atoms with E-state index in [-0.39, 0.29) is 5.75 Å². The molecule has 8 nitrogen and oxygen atoms in total. The number of aliphatic carboxylic acids is 1. The third-order valence-corrected chi connectivity index (χ3v) is 8.14. The second-order valence-electron chi connectivity index (χ2n) is 12.4. The Hall–Kier alpha value is -4.47. The van der Waals surface area contributed by atoms with Crippen molar-refractivity contribution in [3.63, 3.8) is 0 Å². The summed E-state index contributed by atoms with van der Waals surface area (Å²) in [5.74, 6) is -0.814. The van der Waals surface area contributed by atoms with Crippen molar-refractivity contribution < 1.29 is 28.5 Å². The van der Waals surface area contributed by atoms with Gasteiger partial charge in [0.2, 0.25) is 0 Å². The van der Waals surface area contributed by atoms with Gasteiger partial charge in [0.25, 0.3) is 0 Å². The Labute approximate surface area is 271 Å². The van der Waals surface area contributed by atoms with E-state index in [4.69, 9.17) is 35.9 Å². The molecule has 0 spiro atoms. The van der Waals surface area contributed by atoms with Gasteiger partial charge in [0.15, 0.2) is 23.3 Å². The van der Waals surface area contributed by atoms with Gasteiger partial charge in [-0.2, -0.15) is 5.10 Å². The predicted octanol–water partition coefficient (Wildman–Crippen LogP) is 8.32. The van der Waals surface area contributed by atoms with Crippen LogP contribution >= 0.6 is 11.6 Å². The molecule has 10 heteroatoms. The fourth-order valence-corrected chi connectivity index (χ4v) is 6.09. The topological polar surface area (TPSA) is 95.2 Å². The highest BCUT2D eigenvalue weighted by atomic mass is 35.5. The fraction of sp³-hybridized carbons (Fsp3) is 0.306. The molecule has 1 aliphatic rings. The van der Waals surface area contributed by atoms with Crippen LogP contribution in [-0.4, -0.2) is 37.9 Å². The minimum Gasteiger partial charge on any atom is -0.490 e. The second-order valence-corrected chi connectivity index (χ2v) is 12.9. The Morgan fingerprint density at radius 2 is 1.91 bits per heavy atom. The van der Waals surface area contributed by atoms with Crippen molar-refractivity contribution in [3.05, 3.63) is 99.5 Å². The lowest BCUT2D eigenvalue weighted by Crippen LogP contribution is -2.29. The monoisotopic (exact) mass is 643 g/mol. The number of carboxylic acid groups (broad SMARTS) is 1. The van der Waals surface area contributed by atoms with Gasteiger partial charge in [-0.05, 0) is 88.9 Å². The summed E-state index contributed by atoms with van der Waals surface area (Å²) in [6.07, 6.45) is 0.000232. The standard InChI is InChI=1S/C36H35ClFN3O5/c1-20-26-13-8-14-44-33(26)28(38)17-27(20)32-31(34(35(42)43)46-36(3,4)5)21(2)39-30-18-29(40-41(30)32)23-10-7-12-25(16-23)45-19-22-9-6-11-24(37)15-22/h6-7,9-12,15-18,34H,8,13-14,19H2,1-5H3,(H,42,43). The Kier molecular flexibility index (Phi) is 8.48. The fourth-order valence-electron chi connectivity index (χ4n) is 5.88. The SMILES string of the molecule is Cc1nc2cc(-c3cccc(OCc4cccc(Cl)c4)c3)nn2c(-c2cc(F)c3c(c2C)CCCO3)c1C(OC(C)(C)C)C(=O)O. The Bertz CT molecular complexity index is 1970. The van der Waals surface area contributed by atoms with Crippen LogP contribution in [0, 0.1) is 19.7 Å². The molecular formula is C36H35ClFN3O5. The van der Waals surface area contributed by atoms with E-state index < -0.39 is 23.5 Å². The first-order valence-corrected chi connectivity index (χ1v) is 15.5. The van der Waals surface area contributed by atoms with E-state index in [0.29, 0.717) is 64.3 Å². The minimum atomic E-state index is -1.39. The third kappa shape index (κ3) is 6.30. The number of rotatable bonds is 8. The van der Waals surface area contributed by atoms with Crippen LogP contribution < -0.4 is 9.47 Å². The van der Waals surface area contributed by atoms with Crippen molar-refractivity contribution in [3.8, 4) is 34.0 Å². The highest BCUT2D eigenvalue weighted by molar-refractivity contribution is 6.30. The molecule has 1 unspecified atom stereocenters. The summed E-state index contributed by atoms with van der Waals surface area (Å²) in [6, 6.07) is 18.2. The van der Waals surface area contributed by atoms with E-state index in [1.807, 2.05) is 61.5 Å². The summed E-state index contributed by atoms with van der Waals surface area (Å²) in [5, 5.41) is 16.0. The first-order valence-electron chi connectivity index (χ1n) is 15.1. The number of nitrogens with zero attached hydrogens (tertiary/aromatic N) is 3. The molecule has 5 aromatic rings. The van der Waals surface area contributed by atoms with Gasteiger partial charge in [-0.25, -0.2) is 18.7 Å². The van der Waals surface area contributed by atoms with Gasteiger partial charge in [0.05, 0.1) is 23.6 Å². The predicted molar refractivity (Wildman–Crippen MR) is 174 cm³/mol. The van der Waals surface area contributed by atoms with E-state index in [1.165, 1.54) is 6.07 Å². The molecule has 0 saturated heterocycles. The molecule has 2 aromatic heterocycles. The summed E-state index contributed by atoms with van der Waals surface area (Å²) in [5.41, 5.74) is 5.17. The lowest BCUT2D eigenvalue weighted by Gasteiger charge is -2.28. The number of carboxylic acids is 1. The number of ether oxygens (including phenoxy) is 3. The molecule has 0 bridgehead atoms. The van der Waals surface area contributed by atoms with Crippen molar-refractivity contribution in [2.75, 3.05) is 6.61 Å². The molecule has 0 fully saturated rings. The number of hydrogen-bond acceptors (Lipinski definition) is 6. The molecule has 1 atom stereocenters. The van der Waals surface area contributed by atoms with Crippen molar-refractivity contribution in [1.82, 2.24) is 14.6 Å². The van der Waals surface area contributed by atoms with Gasteiger partial charge >= 0.3 is 5.97 Å². The van der Waals surface area contributed by atoms with Crippen LogP contribution in [0.4, 0.5) is 4.39 Å². The van der Waals surface area contributed by atoms with Crippen molar-refractivity contribution in [1.29, 1.82) is 0 Å². The molecule has 6 rings (SSSR count). The summed E-state index contributed by atoms with van der Waals surface area (Å²) in [7, 11) is 0. The molecule has 0 amide bonds. The van der Waals surface area contributed by atoms with Crippen molar-refractivity contribution in [2.45, 2.75) is 65.8 Å². The number of carbonyl (C=O) groups is 1. The van der Waals surface area contributed by atoms with Gasteiger partial charge in [-0.3, -0.25) is 0 Å². The molecule has 46 heavy (non-hydrogen) atoms. The molecule has 1 N–H and O–H groups in total. The highest BCUT2D eigenvalue weighted by Gasteiger charge is 2.34. The normalized spacial score (nSPS) is 13.7. The summed E-state index contributed by atoms with van der Waals surface area (Å²) in [6.45, 7) is 9.79. The molecule has 3 aromatic carbocycles. The lowest BCUT2D eigenvalue weighted by atomic mass is 9.91. The third-order valence-electron chi connectivity index (χ3n) is 7.90. The number of halogens is 2. The van der Waals surface area contributed by atoms with Gasteiger partial charge in [0, 0.05) is 39.0 Å². The van der Waals surface area contributed by atoms with E-state index in [2.05, 4.69) is 0 Å². The second kappa shape index (κ2) is 12.4. The zero-order valence-corrected chi connectivity index (χ0v) is 27.1. The maximum absolute atomic E-state index is 15.7. The Balaban J connectivity index is 1.52. The molecule has 0 radical (unpaired) electrons. The van der Waals surface area contributed by atoms with Crippen LogP contribution in [0.15, 0.2) is 60.7 Å². The van der Waals surface area contributed by atoms with E-state index in [0.717, 1.165) is 28.7 Å². The van der Waals surface area contributed by atoms with Gasteiger partial charge in [-0.1, -0.05) is 35.9 Å². The van der Waals surface area contributed by atoms with E-state index >= 15 is 4.39 Å². The van der Waals surface area contributed by atoms with Crippen molar-refractivity contribution in [2.24, 2.45) is 0 Å². The molecular weight excluding hydrogens is 609 g/mol. The average Bonchev–Trinajstić information content (AvgIpc) is 3.44. The first-order chi connectivity index (χ1) is 21.9. The van der Waals surface area contributed by atoms with Crippen LogP contribution in [0.3, 0.4) is 0 Å². The maximum Gasteiger partial charge on any atom is 0.337 e. The molecule has 0 saturated carbocycles. The largest absolute Gasteiger partial charge is 0.490 e. The van der Waals surface area contributed by atoms with Crippen LogP contribution in [0.2, 0.25) is 5.02 Å². The van der Waals surface area contributed by atoms with Crippen LogP contribution in [0.25, 0.3) is 28.2 Å². The zero-order valence-electron chi connectivity index (χ0n) is 26.4. The number of fused-ring (bicyclic) bond motifs is 2. The summed E-state index contributed by atoms with van der Waals surface area (Å²) < 4.78 is 35.1. The lowest BCUT2D eigenvalue weighted by molar-refractivity contribution is -0.160. The van der Waals surface area contributed by atoms with Gasteiger partial charge < -0.3 is 19.3 Å². The average molecular weight is 644 g/mol. The molecule has 3 heterocycles. The van der Waals surface area contributed by atoms with Gasteiger partial charge in [0.1, 0.15) is 12.4 Å². The number of benzene rings is 3. The number of aryl methyl sites for hydroxylation is 1. The summed E-state index contributed by atoms with van der Waals surface area (Å²) in [4.78, 5) is 17.6. The smallest absolute Gasteiger partial charge is 0.337 e. The van der Waals surface area contributed by atoms with Gasteiger partial charge in [-0.15, -0.1) is 0 Å². The Morgan fingerprint density at radius 1 is 1.13 bits per heavy atom. The van der Waals surface area contributed by atoms with E-state index in [1.54, 1.807) is 32.2 Å². The van der Waals surface area contributed by atoms with Crippen molar-refractivity contribution >= 4 is 23.2 Å².